The van der Waals surface area contributed by atoms with Crippen LogP contribution in [0.25, 0.3) is 0 Å². The van der Waals surface area contributed by atoms with Crippen LogP contribution in [0, 0.1) is 5.82 Å². The van der Waals surface area contributed by atoms with Crippen molar-refractivity contribution in [2.24, 2.45) is 10.9 Å². The number of rotatable bonds is 6. The van der Waals surface area contributed by atoms with Gasteiger partial charge in [-0.2, -0.15) is 0 Å². The Morgan fingerprint density at radius 2 is 2.26 bits per heavy atom. The van der Waals surface area contributed by atoms with E-state index in [0.717, 1.165) is 12.8 Å². The van der Waals surface area contributed by atoms with Crippen LogP contribution >= 0.6 is 11.6 Å². The highest BCUT2D eigenvalue weighted by atomic mass is 35.5. The van der Waals surface area contributed by atoms with Crippen LogP contribution in [0.1, 0.15) is 24.8 Å². The van der Waals surface area contributed by atoms with Crippen LogP contribution in [0.15, 0.2) is 23.4 Å². The SMILES string of the molecule is N/C(CCN(Cc1cccc(Cl)c1F)C1CC1)=N/O. The predicted octanol–water partition coefficient (Wildman–Crippen LogP) is 2.58. The predicted molar refractivity (Wildman–Crippen MR) is 72.9 cm³/mol. The molecule has 2 rings (SSSR count). The number of oxime groups is 1. The molecule has 1 saturated carbocycles. The molecule has 0 heterocycles. The second-order valence-electron chi connectivity index (χ2n) is 4.76. The van der Waals surface area contributed by atoms with Gasteiger partial charge >= 0.3 is 0 Å². The van der Waals surface area contributed by atoms with Gasteiger partial charge in [-0.15, -0.1) is 0 Å². The summed E-state index contributed by atoms with van der Waals surface area (Å²) in [6.45, 7) is 1.14. The van der Waals surface area contributed by atoms with Gasteiger partial charge < -0.3 is 10.9 Å². The Labute approximate surface area is 116 Å². The highest BCUT2D eigenvalue weighted by Crippen LogP contribution is 2.29. The quantitative estimate of drug-likeness (QED) is 0.365. The van der Waals surface area contributed by atoms with E-state index in [-0.39, 0.29) is 16.7 Å². The Bertz CT molecular complexity index is 477. The third kappa shape index (κ3) is 3.81. The van der Waals surface area contributed by atoms with Crippen molar-refractivity contribution in [3.05, 3.63) is 34.6 Å². The first-order valence-electron chi connectivity index (χ1n) is 6.25. The van der Waals surface area contributed by atoms with Crippen LogP contribution in [-0.2, 0) is 6.54 Å². The second kappa shape index (κ2) is 6.21. The maximum atomic E-state index is 13.9. The van der Waals surface area contributed by atoms with Crippen LogP contribution in [0.2, 0.25) is 5.02 Å². The zero-order valence-electron chi connectivity index (χ0n) is 10.5. The van der Waals surface area contributed by atoms with Crippen molar-refractivity contribution in [3.8, 4) is 0 Å². The first kappa shape index (κ1) is 14.1. The molecule has 4 nitrogen and oxygen atoms in total. The molecule has 3 N–H and O–H groups in total. The number of amidine groups is 1. The smallest absolute Gasteiger partial charge is 0.146 e. The molecule has 0 saturated heterocycles. The average molecular weight is 286 g/mol. The van der Waals surface area contributed by atoms with Crippen molar-refractivity contribution in [1.29, 1.82) is 0 Å². The number of benzene rings is 1. The number of halogens is 2. The van der Waals surface area contributed by atoms with Gasteiger partial charge in [-0.1, -0.05) is 28.9 Å². The fraction of sp³-hybridized carbons (Fsp3) is 0.462. The van der Waals surface area contributed by atoms with Gasteiger partial charge in [-0.25, -0.2) is 4.39 Å². The molecule has 0 aliphatic heterocycles. The van der Waals surface area contributed by atoms with Crippen LogP contribution in [0.3, 0.4) is 0 Å². The van der Waals surface area contributed by atoms with Gasteiger partial charge in [0, 0.05) is 31.1 Å². The van der Waals surface area contributed by atoms with Gasteiger partial charge in [0.15, 0.2) is 0 Å². The first-order chi connectivity index (χ1) is 9.11. The number of nitrogens with two attached hydrogens (primary N) is 1. The Morgan fingerprint density at radius 1 is 1.53 bits per heavy atom. The number of nitrogens with zero attached hydrogens (tertiary/aromatic N) is 2. The van der Waals surface area contributed by atoms with Crippen molar-refractivity contribution in [2.75, 3.05) is 6.54 Å². The van der Waals surface area contributed by atoms with E-state index in [1.54, 1.807) is 12.1 Å². The summed E-state index contributed by atoms with van der Waals surface area (Å²) in [5, 5.41) is 11.6. The van der Waals surface area contributed by atoms with E-state index in [0.29, 0.717) is 31.1 Å². The lowest BCUT2D eigenvalue weighted by Crippen LogP contribution is -2.30. The Morgan fingerprint density at radius 3 is 2.89 bits per heavy atom. The zero-order chi connectivity index (χ0) is 13.8. The fourth-order valence-corrected chi connectivity index (χ4v) is 2.22. The molecule has 0 unspecified atom stereocenters. The summed E-state index contributed by atoms with van der Waals surface area (Å²) < 4.78 is 13.9. The topological polar surface area (TPSA) is 61.8 Å². The van der Waals surface area contributed by atoms with Gasteiger partial charge in [0.1, 0.15) is 11.7 Å². The minimum atomic E-state index is -0.362. The Kier molecular flexibility index (Phi) is 4.61. The summed E-state index contributed by atoms with van der Waals surface area (Å²) >= 11 is 5.78. The van der Waals surface area contributed by atoms with Gasteiger partial charge in [0.25, 0.3) is 0 Å². The lowest BCUT2D eigenvalue weighted by molar-refractivity contribution is 0.256. The third-order valence-corrected chi connectivity index (χ3v) is 3.54. The van der Waals surface area contributed by atoms with Crippen LogP contribution in [0.4, 0.5) is 4.39 Å². The van der Waals surface area contributed by atoms with E-state index >= 15 is 0 Å². The average Bonchev–Trinajstić information content (AvgIpc) is 3.23. The van der Waals surface area contributed by atoms with E-state index in [9.17, 15) is 4.39 Å². The highest BCUT2D eigenvalue weighted by Gasteiger charge is 2.29. The molecule has 0 bridgehead atoms. The van der Waals surface area contributed by atoms with Crippen molar-refractivity contribution < 1.29 is 9.60 Å². The van der Waals surface area contributed by atoms with Crippen molar-refractivity contribution in [1.82, 2.24) is 4.90 Å². The lowest BCUT2D eigenvalue weighted by Gasteiger charge is -2.22. The number of hydrogen-bond acceptors (Lipinski definition) is 3. The van der Waals surface area contributed by atoms with Gasteiger partial charge in [-0.3, -0.25) is 4.90 Å². The molecule has 0 aromatic heterocycles. The maximum Gasteiger partial charge on any atom is 0.146 e. The zero-order valence-corrected chi connectivity index (χ0v) is 11.3. The summed E-state index contributed by atoms with van der Waals surface area (Å²) in [4.78, 5) is 2.15. The van der Waals surface area contributed by atoms with E-state index < -0.39 is 0 Å². The van der Waals surface area contributed by atoms with Crippen molar-refractivity contribution in [2.45, 2.75) is 31.8 Å². The van der Waals surface area contributed by atoms with Crippen molar-refractivity contribution in [3.63, 3.8) is 0 Å². The highest BCUT2D eigenvalue weighted by molar-refractivity contribution is 6.30. The molecular weight excluding hydrogens is 269 g/mol. The second-order valence-corrected chi connectivity index (χ2v) is 5.16. The summed E-state index contributed by atoms with van der Waals surface area (Å²) in [5.41, 5.74) is 6.05. The fourth-order valence-electron chi connectivity index (χ4n) is 2.03. The molecule has 1 aromatic rings. The molecule has 6 heteroatoms. The molecule has 0 radical (unpaired) electrons. The number of hydrogen-bond donors (Lipinski definition) is 2. The molecule has 0 atom stereocenters. The molecule has 1 aliphatic carbocycles. The lowest BCUT2D eigenvalue weighted by atomic mass is 10.2. The standard InChI is InChI=1S/C13H17ClFN3O/c14-11-3-1-2-9(13(11)15)8-18(10-4-5-10)7-6-12(16)17-19/h1-3,10,19H,4-8H2,(H2,16,17). The molecular formula is C13H17ClFN3O. The maximum absolute atomic E-state index is 13.9. The van der Waals surface area contributed by atoms with Gasteiger partial charge in [-0.05, 0) is 18.9 Å². The normalized spacial score (nSPS) is 16.1. The van der Waals surface area contributed by atoms with E-state index in [1.165, 1.54) is 6.07 Å². The van der Waals surface area contributed by atoms with E-state index in [1.807, 2.05) is 0 Å². The molecule has 19 heavy (non-hydrogen) atoms. The molecule has 1 aromatic carbocycles. The summed E-state index contributed by atoms with van der Waals surface area (Å²) in [5.74, 6) is -0.171. The summed E-state index contributed by atoms with van der Waals surface area (Å²) in [7, 11) is 0. The molecule has 0 amide bonds. The van der Waals surface area contributed by atoms with Gasteiger partial charge in [0.2, 0.25) is 0 Å². The Balaban J connectivity index is 2.02. The van der Waals surface area contributed by atoms with Crippen molar-refractivity contribution >= 4 is 17.4 Å². The first-order valence-corrected chi connectivity index (χ1v) is 6.63. The summed E-state index contributed by atoms with van der Waals surface area (Å²) in [6.07, 6.45) is 2.69. The third-order valence-electron chi connectivity index (χ3n) is 3.25. The van der Waals surface area contributed by atoms with Crippen LogP contribution in [-0.4, -0.2) is 28.5 Å². The molecule has 1 fully saturated rings. The van der Waals surface area contributed by atoms with Crippen LogP contribution < -0.4 is 5.73 Å². The largest absolute Gasteiger partial charge is 0.409 e. The summed E-state index contributed by atoms with van der Waals surface area (Å²) in [6, 6.07) is 5.48. The van der Waals surface area contributed by atoms with Gasteiger partial charge in [0.05, 0.1) is 5.02 Å². The van der Waals surface area contributed by atoms with E-state index in [4.69, 9.17) is 22.5 Å². The molecule has 1 aliphatic rings. The monoisotopic (exact) mass is 285 g/mol. The Hall–Kier alpha value is -1.33. The van der Waals surface area contributed by atoms with Crippen LogP contribution in [0.5, 0.6) is 0 Å². The van der Waals surface area contributed by atoms with E-state index in [2.05, 4.69) is 10.1 Å². The molecule has 104 valence electrons. The molecule has 0 spiro atoms. The minimum absolute atomic E-state index is 0.143. The minimum Gasteiger partial charge on any atom is -0.409 e.